The first-order valence-corrected chi connectivity index (χ1v) is 14.2. The molecule has 0 amide bonds. The number of rotatable bonds is 4. The summed E-state index contributed by atoms with van der Waals surface area (Å²) in [6, 6.07) is 19.9. The minimum Gasteiger partial charge on any atom is -0.399 e. The van der Waals surface area contributed by atoms with E-state index in [0.717, 1.165) is 36.4 Å². The third-order valence-electron chi connectivity index (χ3n) is 4.41. The van der Waals surface area contributed by atoms with Gasteiger partial charge in [-0.3, -0.25) is 0 Å². The fraction of sp³-hybridized carbons (Fsp3) is 0.0400. The maximum Gasteiger partial charge on any atom is 0.261 e. The molecule has 0 saturated heterocycles. The van der Waals surface area contributed by atoms with Gasteiger partial charge in [0.1, 0.15) is 23.3 Å². The van der Waals surface area contributed by atoms with Crippen molar-refractivity contribution in [2.45, 2.75) is 15.5 Å². The predicted molar refractivity (Wildman–Crippen MR) is 134 cm³/mol. The molecule has 0 fully saturated rings. The largest absolute Gasteiger partial charge is 0.399 e. The molecule has 0 aliphatic heterocycles. The molecule has 196 valence electrons. The summed E-state index contributed by atoms with van der Waals surface area (Å²) >= 11 is 0. The Labute approximate surface area is 216 Å². The molecule has 0 unspecified atom stereocenters. The minimum absolute atomic E-state index is 0.0493. The van der Waals surface area contributed by atoms with Gasteiger partial charge in [-0.05, 0) is 90.5 Å². The lowest BCUT2D eigenvalue weighted by Gasteiger charge is -2.04. The van der Waals surface area contributed by atoms with Gasteiger partial charge in [-0.1, -0.05) is 12.1 Å². The van der Waals surface area contributed by atoms with Crippen LogP contribution in [0.2, 0.25) is 0 Å². The highest BCUT2D eigenvalue weighted by Crippen LogP contribution is 2.17. The number of nitrogens with two attached hydrogens (primary N) is 1. The lowest BCUT2D eigenvalue weighted by molar-refractivity contribution is 0.593. The van der Waals surface area contributed by atoms with E-state index in [2.05, 4.69) is 0 Å². The molecule has 0 radical (unpaired) electrons. The molecule has 0 heterocycles. The average molecular weight is 574 g/mol. The average Bonchev–Trinajstić information content (AvgIpc) is 2.83. The van der Waals surface area contributed by atoms with Crippen LogP contribution in [0.15, 0.2) is 107 Å². The Kier molecular flexibility index (Phi) is 10.7. The van der Waals surface area contributed by atoms with E-state index in [9.17, 15) is 34.4 Å². The zero-order chi connectivity index (χ0) is 27.6. The second-order valence-corrected chi connectivity index (χ2v) is 11.8. The molecule has 0 aromatic heterocycles. The standard InChI is InChI=1S/C13H10F2O2S.C6H4ClFO2S.C6H6FN/c14-11-3-1-10(2-4-11)9-18(16,17)13-7-5-12(15)6-8-13;7-11(9,10)6-3-1-5(8)2-4-6;7-5-1-3-6(8)4-2-5/h1-8H,9H2;1-4H;1-4H,8H2. The van der Waals surface area contributed by atoms with Gasteiger partial charge in [0.25, 0.3) is 9.05 Å². The molecule has 5 nitrogen and oxygen atoms in total. The molecule has 4 aromatic carbocycles. The topological polar surface area (TPSA) is 94.3 Å². The summed E-state index contributed by atoms with van der Waals surface area (Å²) in [4.78, 5) is -0.0474. The second-order valence-electron chi connectivity index (χ2n) is 7.28. The summed E-state index contributed by atoms with van der Waals surface area (Å²) in [7, 11) is -2.29. The van der Waals surface area contributed by atoms with Crippen LogP contribution >= 0.6 is 10.7 Å². The van der Waals surface area contributed by atoms with Gasteiger partial charge in [0.2, 0.25) is 0 Å². The van der Waals surface area contributed by atoms with Gasteiger partial charge < -0.3 is 5.73 Å². The summed E-state index contributed by atoms with van der Waals surface area (Å²) in [6.45, 7) is 0. The van der Waals surface area contributed by atoms with E-state index < -0.39 is 36.3 Å². The van der Waals surface area contributed by atoms with E-state index in [0.29, 0.717) is 11.3 Å². The van der Waals surface area contributed by atoms with Crippen molar-refractivity contribution in [1.82, 2.24) is 0 Å². The molecular weight excluding hydrogens is 554 g/mol. The van der Waals surface area contributed by atoms with Crippen molar-refractivity contribution in [3.8, 4) is 0 Å². The third kappa shape index (κ3) is 10.6. The van der Waals surface area contributed by atoms with Crippen molar-refractivity contribution < 1.29 is 34.4 Å². The van der Waals surface area contributed by atoms with E-state index in [-0.39, 0.29) is 21.4 Å². The van der Waals surface area contributed by atoms with Crippen molar-refractivity contribution in [3.63, 3.8) is 0 Å². The van der Waals surface area contributed by atoms with Gasteiger partial charge >= 0.3 is 0 Å². The number of benzene rings is 4. The molecule has 0 saturated carbocycles. The van der Waals surface area contributed by atoms with Crippen LogP contribution in [-0.4, -0.2) is 16.8 Å². The van der Waals surface area contributed by atoms with E-state index >= 15 is 0 Å². The van der Waals surface area contributed by atoms with Crippen molar-refractivity contribution in [1.29, 1.82) is 0 Å². The molecule has 0 aliphatic carbocycles. The Bertz CT molecular complexity index is 1480. The third-order valence-corrected chi connectivity index (χ3v) is 7.48. The van der Waals surface area contributed by atoms with Crippen molar-refractivity contribution >= 4 is 35.3 Å². The Morgan fingerprint density at radius 3 is 1.22 bits per heavy atom. The lowest BCUT2D eigenvalue weighted by Crippen LogP contribution is -2.05. The zero-order valence-electron chi connectivity index (χ0n) is 18.9. The summed E-state index contributed by atoms with van der Waals surface area (Å²) < 4.78 is 94.8. The van der Waals surface area contributed by atoms with Gasteiger partial charge in [0, 0.05) is 16.4 Å². The summed E-state index contributed by atoms with van der Waals surface area (Å²) in [5, 5.41) is 0. The van der Waals surface area contributed by atoms with Gasteiger partial charge in [-0.2, -0.15) is 0 Å². The van der Waals surface area contributed by atoms with E-state index in [4.69, 9.17) is 16.4 Å². The maximum absolute atomic E-state index is 12.7. The fourth-order valence-electron chi connectivity index (χ4n) is 2.59. The summed E-state index contributed by atoms with van der Waals surface area (Å²) in [5.74, 6) is -1.89. The Balaban J connectivity index is 0.000000215. The van der Waals surface area contributed by atoms with Crippen LogP contribution in [0.3, 0.4) is 0 Å². The molecule has 0 spiro atoms. The Hall–Kier alpha value is -3.41. The maximum atomic E-state index is 12.7. The quantitative estimate of drug-likeness (QED) is 0.138. The monoisotopic (exact) mass is 573 g/mol. The fourth-order valence-corrected chi connectivity index (χ4v) is 4.70. The number of sulfone groups is 1. The molecule has 2 N–H and O–H groups in total. The molecule has 0 atom stereocenters. The molecule has 4 aromatic rings. The van der Waals surface area contributed by atoms with Crippen LogP contribution in [0.1, 0.15) is 5.56 Å². The molecule has 0 bridgehead atoms. The highest BCUT2D eigenvalue weighted by Gasteiger charge is 2.15. The number of hydrogen-bond donors (Lipinski definition) is 1. The van der Waals surface area contributed by atoms with Crippen LogP contribution in [-0.2, 0) is 24.6 Å². The van der Waals surface area contributed by atoms with Crippen LogP contribution in [0.25, 0.3) is 0 Å². The van der Waals surface area contributed by atoms with E-state index in [1.165, 1.54) is 60.7 Å². The summed E-state index contributed by atoms with van der Waals surface area (Å²) in [6.07, 6.45) is 0. The van der Waals surface area contributed by atoms with E-state index in [1.54, 1.807) is 0 Å². The number of anilines is 1. The van der Waals surface area contributed by atoms with Crippen LogP contribution in [0.4, 0.5) is 23.2 Å². The molecular formula is C25H20ClF4NO4S2. The van der Waals surface area contributed by atoms with Gasteiger partial charge in [0.15, 0.2) is 9.84 Å². The molecule has 12 heteroatoms. The second kappa shape index (κ2) is 13.2. The predicted octanol–water partition coefficient (Wildman–Crippen LogP) is 6.10. The van der Waals surface area contributed by atoms with Gasteiger partial charge in [0.05, 0.1) is 15.5 Å². The molecule has 4 rings (SSSR count). The van der Waals surface area contributed by atoms with Gasteiger partial charge in [-0.25, -0.2) is 34.4 Å². The number of halogens is 5. The van der Waals surface area contributed by atoms with Crippen LogP contribution in [0.5, 0.6) is 0 Å². The Morgan fingerprint density at radius 1 is 0.541 bits per heavy atom. The van der Waals surface area contributed by atoms with Gasteiger partial charge in [-0.15, -0.1) is 0 Å². The molecule has 37 heavy (non-hydrogen) atoms. The first-order chi connectivity index (χ1) is 17.3. The van der Waals surface area contributed by atoms with Crippen LogP contribution < -0.4 is 5.73 Å². The van der Waals surface area contributed by atoms with Crippen LogP contribution in [0, 0.1) is 23.3 Å². The summed E-state index contributed by atoms with van der Waals surface area (Å²) in [5.41, 5.74) is 6.34. The van der Waals surface area contributed by atoms with E-state index in [1.807, 2.05) is 0 Å². The SMILES string of the molecule is Nc1ccc(F)cc1.O=S(=O)(Cc1ccc(F)cc1)c1ccc(F)cc1.O=S(=O)(Cl)c1ccc(F)cc1. The normalized spacial score (nSPS) is 10.9. The highest BCUT2D eigenvalue weighted by molar-refractivity contribution is 8.13. The van der Waals surface area contributed by atoms with Crippen molar-refractivity contribution in [2.24, 2.45) is 0 Å². The Morgan fingerprint density at radius 2 is 0.865 bits per heavy atom. The highest BCUT2D eigenvalue weighted by atomic mass is 35.7. The minimum atomic E-state index is -3.71. The lowest BCUT2D eigenvalue weighted by atomic mass is 10.2. The smallest absolute Gasteiger partial charge is 0.261 e. The van der Waals surface area contributed by atoms with Crippen molar-refractivity contribution in [2.75, 3.05) is 5.73 Å². The molecule has 0 aliphatic rings. The zero-order valence-corrected chi connectivity index (χ0v) is 21.3. The number of hydrogen-bond acceptors (Lipinski definition) is 5. The first kappa shape index (κ1) is 29.8. The number of nitrogen functional groups attached to an aromatic ring is 1. The first-order valence-electron chi connectivity index (χ1n) is 10.2. The van der Waals surface area contributed by atoms with Crippen molar-refractivity contribution in [3.05, 3.63) is 126 Å².